The summed E-state index contributed by atoms with van der Waals surface area (Å²) in [7, 11) is 0. The second-order valence-corrected chi connectivity index (χ2v) is 0.100. The summed E-state index contributed by atoms with van der Waals surface area (Å²) in [5.41, 5.74) is 12.2. The normalized spacial score (nSPS) is 2.00. The van der Waals surface area contributed by atoms with Gasteiger partial charge in [0.15, 0.2) is 0 Å². The molecule has 0 aliphatic rings. The molecule has 0 aliphatic heterocycles. The van der Waals surface area contributed by atoms with E-state index in [4.69, 9.17) is 11.1 Å². The molecule has 0 saturated heterocycles. The van der Waals surface area contributed by atoms with E-state index in [0.29, 0.717) is 0 Å². The predicted molar refractivity (Wildman–Crippen MR) is 17.4 cm³/mol. The molecule has 0 rings (SSSR count). The second kappa shape index (κ2) is 9.57. The number of hydrogen-bond acceptors (Lipinski definition) is 1. The van der Waals surface area contributed by atoms with E-state index in [1.807, 2.05) is 0 Å². The molecule has 20 valence electrons. The number of rotatable bonds is 0. The van der Waals surface area contributed by atoms with Gasteiger partial charge in [-0.25, -0.2) is 0 Å². The zero-order valence-corrected chi connectivity index (χ0v) is 4.31. The van der Waals surface area contributed by atoms with Crippen molar-refractivity contribution in [3.63, 3.8) is 0 Å². The Kier molecular flexibility index (Phi) is 21.1. The molecule has 0 fully saturated rings. The van der Waals surface area contributed by atoms with Crippen LogP contribution in [-0.2, 0) is 0 Å². The molecule has 0 atom stereocenters. The average Bonchev–Trinajstić information content (AvgIpc) is 0.918. The Morgan fingerprint density at radius 1 is 2.00 bits per heavy atom. The average molecular weight is 85.1 g/mol. The molecule has 1 N–H and O–H groups in total. The number of nitrogens with one attached hydrogen (secondary N) is 1. The van der Waals surface area contributed by atoms with Crippen molar-refractivity contribution in [2.75, 3.05) is 0 Å². The molecular weight excluding hydrogens is 82.1 g/mol. The largest absolute Gasteiger partial charge is 2.00 e. The maximum atomic E-state index is 6.86. The van der Waals surface area contributed by atoms with Gasteiger partial charge in [0.05, 0.1) is 0 Å². The van der Waals surface area contributed by atoms with Crippen LogP contribution >= 0.6 is 0 Å². The summed E-state index contributed by atoms with van der Waals surface area (Å²) in [6.07, 6.45) is 0. The molecule has 0 aromatic carbocycles. The van der Waals surface area contributed by atoms with Crippen LogP contribution in [0.5, 0.6) is 0 Å². The van der Waals surface area contributed by atoms with Crippen molar-refractivity contribution in [1.29, 1.82) is 5.53 Å². The predicted octanol–water partition coefficient (Wildman–Crippen LogP) is 0.720. The molecule has 0 saturated carbocycles. The molecule has 3 nitrogen and oxygen atoms in total. The van der Waals surface area contributed by atoms with Gasteiger partial charge in [-0.3, -0.25) is 0 Å². The van der Waals surface area contributed by atoms with E-state index in [0.717, 1.165) is 0 Å². The minimum absolute atomic E-state index is 0. The van der Waals surface area contributed by atoms with E-state index in [9.17, 15) is 0 Å². The van der Waals surface area contributed by atoms with Gasteiger partial charge in [-0.15, -0.1) is 5.53 Å². The van der Waals surface area contributed by atoms with Gasteiger partial charge in [-0.1, -0.05) is 0 Å². The van der Waals surface area contributed by atoms with Gasteiger partial charge in [0, 0.05) is 0 Å². The quantitative estimate of drug-likeness (QED) is 0.195. The first-order valence-corrected chi connectivity index (χ1v) is 0.424. The fourth-order valence-corrected chi connectivity index (χ4v) is 0. The molecule has 0 unspecified atom stereocenters. The monoisotopic (exact) mass is 85.0 g/mol. The Balaban J connectivity index is -0.00000000667. The van der Waals surface area contributed by atoms with Crippen LogP contribution in [0.2, 0.25) is 0 Å². The first kappa shape index (κ1) is 8.82. The number of hydrogen-bond donors (Lipinski definition) is 1. The Hall–Kier alpha value is 0.570. The SMILES string of the molecule is [Ca+2].[H-].[H-].[N-]=[N+]=N. The molecule has 0 aliphatic carbocycles. The third-order valence-electron chi connectivity index (χ3n) is 0. The van der Waals surface area contributed by atoms with Crippen molar-refractivity contribution in [2.24, 2.45) is 0 Å². The Morgan fingerprint density at radius 3 is 2.00 bits per heavy atom. The van der Waals surface area contributed by atoms with E-state index in [1.54, 1.807) is 4.91 Å². The van der Waals surface area contributed by atoms with Gasteiger partial charge in [0.1, 0.15) is 0 Å². The maximum Gasteiger partial charge on any atom is 2.00 e. The van der Waals surface area contributed by atoms with Crippen LogP contribution in [0.4, 0.5) is 0 Å². The minimum Gasteiger partial charge on any atom is -1.00 e. The van der Waals surface area contributed by atoms with Gasteiger partial charge < -0.3 is 2.85 Å². The van der Waals surface area contributed by atoms with Crippen LogP contribution in [0.3, 0.4) is 0 Å². The van der Waals surface area contributed by atoms with E-state index in [2.05, 4.69) is 0 Å². The third-order valence-corrected chi connectivity index (χ3v) is 0. The van der Waals surface area contributed by atoms with Crippen LogP contribution in [0.25, 0.3) is 10.4 Å². The van der Waals surface area contributed by atoms with Gasteiger partial charge in [0.2, 0.25) is 0 Å². The molecule has 4 heavy (non-hydrogen) atoms. The van der Waals surface area contributed by atoms with E-state index in [1.165, 1.54) is 0 Å². The zero-order valence-electron chi connectivity index (χ0n) is 4.10. The van der Waals surface area contributed by atoms with Crippen molar-refractivity contribution in [3.05, 3.63) is 10.4 Å². The second-order valence-electron chi connectivity index (χ2n) is 0.100. The summed E-state index contributed by atoms with van der Waals surface area (Å²) in [6, 6.07) is 0. The third kappa shape index (κ3) is 19.5. The Labute approximate surface area is 56.4 Å². The summed E-state index contributed by atoms with van der Waals surface area (Å²) in [5.74, 6) is 0. The smallest absolute Gasteiger partial charge is 1.00 e. The summed E-state index contributed by atoms with van der Waals surface area (Å²) in [5, 5.41) is 0. The molecule has 0 radical (unpaired) electrons. The van der Waals surface area contributed by atoms with E-state index < -0.39 is 0 Å². The van der Waals surface area contributed by atoms with E-state index in [-0.39, 0.29) is 40.6 Å². The fourth-order valence-electron chi connectivity index (χ4n) is 0. The van der Waals surface area contributed by atoms with Crippen molar-refractivity contribution in [3.8, 4) is 0 Å². The zero-order chi connectivity index (χ0) is 2.71. The van der Waals surface area contributed by atoms with Crippen molar-refractivity contribution < 1.29 is 2.85 Å². The maximum absolute atomic E-state index is 6.86. The topological polar surface area (TPSA) is 60.3 Å². The molecule has 0 amide bonds. The molecule has 0 aromatic heterocycles. The van der Waals surface area contributed by atoms with Gasteiger partial charge >= 0.3 is 37.7 Å². The van der Waals surface area contributed by atoms with Gasteiger partial charge in [-0.2, -0.15) is 0 Å². The van der Waals surface area contributed by atoms with Crippen molar-refractivity contribution in [2.45, 2.75) is 0 Å². The molecule has 0 aromatic rings. The van der Waals surface area contributed by atoms with Crippen molar-refractivity contribution in [1.82, 2.24) is 0 Å². The Morgan fingerprint density at radius 2 is 2.00 bits per heavy atom. The summed E-state index contributed by atoms with van der Waals surface area (Å²) >= 11 is 0. The first-order chi connectivity index (χ1) is 1.41. The minimum atomic E-state index is 0. The standard InChI is InChI=1S/Ca.HN3.2H/c;1-3-2;;/h;1H;;/q+2;;2*-1. The van der Waals surface area contributed by atoms with E-state index >= 15 is 0 Å². The van der Waals surface area contributed by atoms with Crippen LogP contribution in [0.15, 0.2) is 0 Å². The molecular formula is H3CaN3. The Bertz CT molecular complexity index is 29.8. The fraction of sp³-hybridized carbons (Fsp3) is 0. The van der Waals surface area contributed by atoms with Crippen LogP contribution in [0.1, 0.15) is 2.85 Å². The molecule has 0 bridgehead atoms. The first-order valence-electron chi connectivity index (χ1n) is 0.424. The summed E-state index contributed by atoms with van der Waals surface area (Å²) < 4.78 is 0. The molecule has 0 heterocycles. The van der Waals surface area contributed by atoms with Crippen molar-refractivity contribution >= 4 is 37.7 Å². The van der Waals surface area contributed by atoms with Gasteiger partial charge in [0.25, 0.3) is 0 Å². The summed E-state index contributed by atoms with van der Waals surface area (Å²) in [6.45, 7) is 0. The molecule has 0 spiro atoms. The van der Waals surface area contributed by atoms with Crippen LogP contribution in [-0.4, -0.2) is 37.7 Å². The molecule has 4 heteroatoms. The van der Waals surface area contributed by atoms with Gasteiger partial charge in [-0.05, 0) is 10.4 Å². The van der Waals surface area contributed by atoms with Crippen LogP contribution in [0, 0.1) is 5.53 Å². The summed E-state index contributed by atoms with van der Waals surface area (Å²) in [4.78, 5) is 1.75. The van der Waals surface area contributed by atoms with Crippen LogP contribution < -0.4 is 0 Å². The number of nitrogens with zero attached hydrogens (tertiary/aromatic N) is 2.